The van der Waals surface area contributed by atoms with Crippen LogP contribution < -0.4 is 5.73 Å². The third-order valence-corrected chi connectivity index (χ3v) is 3.49. The third kappa shape index (κ3) is 5.59. The van der Waals surface area contributed by atoms with Gasteiger partial charge in [0, 0.05) is 29.3 Å². The fourth-order valence-corrected chi connectivity index (χ4v) is 2.38. The van der Waals surface area contributed by atoms with Gasteiger partial charge < -0.3 is 10.5 Å². The summed E-state index contributed by atoms with van der Waals surface area (Å²) >= 11 is 5.97. The summed E-state index contributed by atoms with van der Waals surface area (Å²) < 4.78 is 31.6. The maximum atomic E-state index is 13.8. The fourth-order valence-electron chi connectivity index (χ4n) is 2.06. The highest BCUT2D eigenvalue weighted by Gasteiger charge is 2.20. The Kier molecular flexibility index (Phi) is 7.61. The van der Waals surface area contributed by atoms with E-state index in [4.69, 9.17) is 17.3 Å². The number of benzene rings is 1. The average Bonchev–Trinajstić information content (AvgIpc) is 2.42. The Balaban J connectivity index is 2.61. The third-order valence-electron chi connectivity index (χ3n) is 3.16. The second kappa shape index (κ2) is 8.95. The average molecular weight is 320 g/mol. The van der Waals surface area contributed by atoms with Crippen LogP contribution in [0.4, 0.5) is 8.78 Å². The molecular formula is C15H20ClF2NO2. The van der Waals surface area contributed by atoms with Gasteiger partial charge in [0.2, 0.25) is 6.36 Å². The molecule has 0 saturated heterocycles. The van der Waals surface area contributed by atoms with Gasteiger partial charge in [-0.2, -0.15) is 0 Å². The Morgan fingerprint density at radius 3 is 2.71 bits per heavy atom. The number of alkyl halides is 1. The summed E-state index contributed by atoms with van der Waals surface area (Å²) in [6.07, 6.45) is -0.600. The largest absolute Gasteiger partial charge is 0.431 e. The predicted octanol–water partition coefficient (Wildman–Crippen LogP) is 3.94. The molecule has 1 aromatic rings. The lowest BCUT2D eigenvalue weighted by Crippen LogP contribution is -2.18. The maximum absolute atomic E-state index is 13.8. The molecule has 0 radical (unpaired) electrons. The summed E-state index contributed by atoms with van der Waals surface area (Å²) in [4.78, 5) is 11.5. The minimum atomic E-state index is -1.59. The molecule has 3 nitrogen and oxygen atoms in total. The lowest BCUT2D eigenvalue weighted by atomic mass is 9.94. The summed E-state index contributed by atoms with van der Waals surface area (Å²) in [7, 11) is 0. The number of esters is 1. The van der Waals surface area contributed by atoms with Gasteiger partial charge in [-0.1, -0.05) is 24.6 Å². The molecule has 1 aromatic carbocycles. The van der Waals surface area contributed by atoms with E-state index in [2.05, 4.69) is 4.74 Å². The molecule has 1 rings (SSSR count). The van der Waals surface area contributed by atoms with Gasteiger partial charge in [-0.25, -0.2) is 8.78 Å². The molecule has 0 heterocycles. The van der Waals surface area contributed by atoms with Crippen molar-refractivity contribution >= 4 is 17.6 Å². The first-order valence-corrected chi connectivity index (χ1v) is 7.34. The van der Waals surface area contributed by atoms with Crippen molar-refractivity contribution in [3.8, 4) is 0 Å². The molecule has 0 fully saturated rings. The second-order valence-corrected chi connectivity index (χ2v) is 5.20. The molecule has 0 aromatic heterocycles. The minimum Gasteiger partial charge on any atom is -0.431 e. The minimum absolute atomic E-state index is 0.0311. The molecule has 0 saturated carbocycles. The van der Waals surface area contributed by atoms with E-state index in [-0.39, 0.29) is 30.8 Å². The van der Waals surface area contributed by atoms with Gasteiger partial charge in [-0.3, -0.25) is 4.79 Å². The van der Waals surface area contributed by atoms with E-state index in [1.54, 1.807) is 13.0 Å². The lowest BCUT2D eigenvalue weighted by Gasteiger charge is -2.17. The number of ether oxygens (including phenoxy) is 1. The van der Waals surface area contributed by atoms with Crippen LogP contribution in [0.15, 0.2) is 18.2 Å². The Bertz CT molecular complexity index is 451. The second-order valence-electron chi connectivity index (χ2n) is 4.80. The standard InChI is InChI=1S/C15H20ClF2NO2/c1-2-4-13(18)21-14(20)8-7-10(9-19)15-11(16)5-3-6-12(15)17/h3,5-6,10,13H,2,4,7-9,19H2,1H3. The number of halogens is 3. The van der Waals surface area contributed by atoms with Crippen molar-refractivity contribution in [3.05, 3.63) is 34.6 Å². The fraction of sp³-hybridized carbons (Fsp3) is 0.533. The highest BCUT2D eigenvalue weighted by molar-refractivity contribution is 6.31. The summed E-state index contributed by atoms with van der Waals surface area (Å²) in [6, 6.07) is 4.36. The highest BCUT2D eigenvalue weighted by Crippen LogP contribution is 2.30. The van der Waals surface area contributed by atoms with Crippen molar-refractivity contribution in [2.75, 3.05) is 6.54 Å². The number of hydrogen-bond donors (Lipinski definition) is 1. The molecule has 2 atom stereocenters. The first kappa shape index (κ1) is 17.9. The first-order chi connectivity index (χ1) is 9.99. The Morgan fingerprint density at radius 2 is 2.14 bits per heavy atom. The van der Waals surface area contributed by atoms with Gasteiger partial charge in [0.25, 0.3) is 0 Å². The summed E-state index contributed by atoms with van der Waals surface area (Å²) in [5.74, 6) is -1.52. The Morgan fingerprint density at radius 1 is 1.43 bits per heavy atom. The molecule has 0 spiro atoms. The van der Waals surface area contributed by atoms with Gasteiger partial charge in [0.1, 0.15) is 5.82 Å². The normalized spacial score (nSPS) is 13.8. The summed E-state index contributed by atoms with van der Waals surface area (Å²) in [5.41, 5.74) is 5.92. The first-order valence-electron chi connectivity index (χ1n) is 6.97. The lowest BCUT2D eigenvalue weighted by molar-refractivity contribution is -0.158. The number of carbonyl (C=O) groups excluding carboxylic acids is 1. The van der Waals surface area contributed by atoms with Crippen LogP contribution in [0.2, 0.25) is 5.02 Å². The Hall–Kier alpha value is -1.20. The van der Waals surface area contributed by atoms with Crippen LogP contribution in [-0.2, 0) is 9.53 Å². The molecule has 2 N–H and O–H groups in total. The molecular weight excluding hydrogens is 300 g/mol. The van der Waals surface area contributed by atoms with Crippen LogP contribution in [0.5, 0.6) is 0 Å². The molecule has 0 aliphatic carbocycles. The molecule has 21 heavy (non-hydrogen) atoms. The zero-order chi connectivity index (χ0) is 15.8. The van der Waals surface area contributed by atoms with Crippen LogP contribution in [0.3, 0.4) is 0 Å². The van der Waals surface area contributed by atoms with Gasteiger partial charge in [0.05, 0.1) is 0 Å². The summed E-state index contributed by atoms with van der Waals surface area (Å²) in [6.45, 7) is 1.94. The van der Waals surface area contributed by atoms with Crippen LogP contribution >= 0.6 is 11.6 Å². The van der Waals surface area contributed by atoms with Crippen LogP contribution in [0.1, 0.15) is 44.1 Å². The number of carbonyl (C=O) groups is 1. The maximum Gasteiger partial charge on any atom is 0.308 e. The molecule has 0 aliphatic heterocycles. The van der Waals surface area contributed by atoms with Crippen molar-refractivity contribution in [1.29, 1.82) is 0 Å². The number of hydrogen-bond acceptors (Lipinski definition) is 3. The van der Waals surface area contributed by atoms with Crippen molar-refractivity contribution in [2.24, 2.45) is 5.73 Å². The molecule has 0 aliphatic rings. The zero-order valence-electron chi connectivity index (χ0n) is 12.0. The van der Waals surface area contributed by atoms with Crippen LogP contribution in [0.25, 0.3) is 0 Å². The topological polar surface area (TPSA) is 52.3 Å². The van der Waals surface area contributed by atoms with E-state index < -0.39 is 24.1 Å². The van der Waals surface area contributed by atoms with Crippen LogP contribution in [0, 0.1) is 5.82 Å². The van der Waals surface area contributed by atoms with Gasteiger partial charge in [-0.05, 0) is 31.5 Å². The predicted molar refractivity (Wildman–Crippen MR) is 78.3 cm³/mol. The molecule has 0 amide bonds. The van der Waals surface area contributed by atoms with E-state index in [1.807, 2.05) is 0 Å². The van der Waals surface area contributed by atoms with Gasteiger partial charge in [0.15, 0.2) is 0 Å². The zero-order valence-corrected chi connectivity index (χ0v) is 12.7. The molecule has 2 unspecified atom stereocenters. The van der Waals surface area contributed by atoms with Crippen molar-refractivity contribution in [1.82, 2.24) is 0 Å². The van der Waals surface area contributed by atoms with Gasteiger partial charge >= 0.3 is 5.97 Å². The van der Waals surface area contributed by atoms with Crippen molar-refractivity contribution in [2.45, 2.75) is 44.9 Å². The van der Waals surface area contributed by atoms with E-state index in [0.717, 1.165) is 0 Å². The van der Waals surface area contributed by atoms with E-state index in [1.165, 1.54) is 12.1 Å². The van der Waals surface area contributed by atoms with Crippen LogP contribution in [-0.4, -0.2) is 18.9 Å². The molecule has 6 heteroatoms. The van der Waals surface area contributed by atoms with E-state index in [9.17, 15) is 13.6 Å². The SMILES string of the molecule is CCCC(F)OC(=O)CCC(CN)c1c(F)cccc1Cl. The highest BCUT2D eigenvalue weighted by atomic mass is 35.5. The quantitative estimate of drug-likeness (QED) is 0.738. The van der Waals surface area contributed by atoms with E-state index in [0.29, 0.717) is 12.0 Å². The van der Waals surface area contributed by atoms with Gasteiger partial charge in [-0.15, -0.1) is 0 Å². The smallest absolute Gasteiger partial charge is 0.308 e. The van der Waals surface area contributed by atoms with E-state index >= 15 is 0 Å². The Labute approximate surface area is 128 Å². The summed E-state index contributed by atoms with van der Waals surface area (Å²) in [5, 5.41) is 0.271. The number of nitrogens with two attached hydrogens (primary N) is 1. The molecule has 118 valence electrons. The molecule has 0 bridgehead atoms. The monoisotopic (exact) mass is 319 g/mol. The van der Waals surface area contributed by atoms with Crippen molar-refractivity contribution < 1.29 is 18.3 Å². The van der Waals surface area contributed by atoms with Crippen molar-refractivity contribution in [3.63, 3.8) is 0 Å². The number of rotatable bonds is 8.